The van der Waals surface area contributed by atoms with Crippen LogP contribution in [0.1, 0.15) is 119 Å². The zero-order chi connectivity index (χ0) is 40.1. The second-order valence-corrected chi connectivity index (χ2v) is 15.3. The largest absolute Gasteiger partial charge is 0.382 e. The Balaban J connectivity index is 1.12. The number of pyridine rings is 2. The number of benzene rings is 2. The number of fused-ring (bicyclic) bond motifs is 2. The maximum absolute atomic E-state index is 12.8. The topological polar surface area (TPSA) is 115 Å². The Morgan fingerprint density at radius 1 is 0.554 bits per heavy atom. The van der Waals surface area contributed by atoms with Gasteiger partial charge in [0.25, 0.3) is 0 Å². The molecule has 56 heavy (non-hydrogen) atoms. The van der Waals surface area contributed by atoms with Crippen LogP contribution >= 0.6 is 0 Å². The molecule has 0 aliphatic carbocycles. The van der Waals surface area contributed by atoms with Crippen molar-refractivity contribution in [2.45, 2.75) is 131 Å². The lowest BCUT2D eigenvalue weighted by atomic mass is 10.1. The zero-order valence-electron chi connectivity index (χ0n) is 35.3. The van der Waals surface area contributed by atoms with Crippen molar-refractivity contribution >= 4 is 56.4 Å². The van der Waals surface area contributed by atoms with Crippen molar-refractivity contribution in [3.8, 4) is 0 Å². The summed E-state index contributed by atoms with van der Waals surface area (Å²) in [6.45, 7) is 19.9. The average molecular weight is 767 g/mol. The summed E-state index contributed by atoms with van der Waals surface area (Å²) in [6, 6.07) is 16.6. The molecule has 0 spiro atoms. The van der Waals surface area contributed by atoms with E-state index in [1.807, 2.05) is 60.9 Å². The molecule has 0 aliphatic rings. The van der Waals surface area contributed by atoms with Crippen LogP contribution in [-0.4, -0.2) is 82.9 Å². The maximum Gasteiger partial charge on any atom is 0.224 e. The second-order valence-electron chi connectivity index (χ2n) is 15.3. The molecule has 2 amide bonds. The minimum absolute atomic E-state index is 0.0388. The van der Waals surface area contributed by atoms with Gasteiger partial charge in [-0.25, -0.2) is 0 Å². The first-order valence-electron chi connectivity index (χ1n) is 21.6. The van der Waals surface area contributed by atoms with E-state index in [2.05, 4.69) is 82.6 Å². The fraction of sp³-hybridized carbons (Fsp3) is 0.565. The van der Waals surface area contributed by atoms with Crippen molar-refractivity contribution in [1.82, 2.24) is 19.8 Å². The Labute approximate surface area is 337 Å². The van der Waals surface area contributed by atoms with Crippen LogP contribution in [0.15, 0.2) is 60.9 Å². The van der Waals surface area contributed by atoms with Crippen molar-refractivity contribution < 1.29 is 9.59 Å². The summed E-state index contributed by atoms with van der Waals surface area (Å²) < 4.78 is 0. The number of nitrogens with one attached hydrogen (secondary N) is 4. The SMILES string of the molecule is CCN(CC)CCCC(C)Nc1ccnc2ccc(NC(=O)CCCCCCCCC(=O)Nc3ccc4nccc(NC(C)CCCN(CC)CC)c4c3)cc12. The van der Waals surface area contributed by atoms with E-state index in [1.54, 1.807) is 0 Å². The molecule has 0 aliphatic heterocycles. The number of carbonyl (C=O) groups is 2. The minimum Gasteiger partial charge on any atom is -0.382 e. The van der Waals surface area contributed by atoms with Crippen molar-refractivity contribution in [2.24, 2.45) is 0 Å². The number of amides is 2. The number of unbranched alkanes of at least 4 members (excludes halogenated alkanes) is 5. The van der Waals surface area contributed by atoms with Gasteiger partial charge in [-0.05, 0) is 140 Å². The van der Waals surface area contributed by atoms with Crippen molar-refractivity contribution in [3.63, 3.8) is 0 Å². The van der Waals surface area contributed by atoms with E-state index in [4.69, 9.17) is 0 Å². The van der Waals surface area contributed by atoms with Crippen LogP contribution in [0.3, 0.4) is 0 Å². The summed E-state index contributed by atoms with van der Waals surface area (Å²) in [5, 5.41) is 15.6. The third-order valence-electron chi connectivity index (χ3n) is 10.9. The molecule has 2 atom stereocenters. The molecule has 0 bridgehead atoms. The maximum atomic E-state index is 12.8. The summed E-state index contributed by atoms with van der Waals surface area (Å²) in [5.74, 6) is 0.0777. The molecule has 10 nitrogen and oxygen atoms in total. The van der Waals surface area contributed by atoms with Gasteiger partial charge in [-0.1, -0.05) is 53.4 Å². The molecule has 0 radical (unpaired) electrons. The molecule has 4 aromatic rings. The van der Waals surface area contributed by atoms with Gasteiger partial charge in [0.2, 0.25) is 11.8 Å². The Morgan fingerprint density at radius 3 is 1.34 bits per heavy atom. The molecule has 4 N–H and O–H groups in total. The van der Waals surface area contributed by atoms with Crippen LogP contribution in [0, 0.1) is 0 Å². The molecule has 0 saturated carbocycles. The van der Waals surface area contributed by atoms with Gasteiger partial charge in [-0.15, -0.1) is 0 Å². The molecule has 0 fully saturated rings. The number of nitrogens with zero attached hydrogens (tertiary/aromatic N) is 4. The highest BCUT2D eigenvalue weighted by atomic mass is 16.2. The third-order valence-corrected chi connectivity index (χ3v) is 10.9. The van der Waals surface area contributed by atoms with Gasteiger partial charge >= 0.3 is 0 Å². The van der Waals surface area contributed by atoms with E-state index in [0.717, 1.165) is 148 Å². The molecular formula is C46H70N8O2. The molecule has 10 heteroatoms. The van der Waals surface area contributed by atoms with E-state index in [-0.39, 0.29) is 11.8 Å². The standard InChI is InChI=1S/C46H70N8O2/c1-7-53(8-2)31-17-19-35(5)49-43-27-29-47-41-25-23-37(33-39(41)43)51-45(55)21-15-13-11-12-14-16-22-46(56)52-38-24-26-42-40(34-38)44(28-30-48-42)50-36(6)20-18-32-54(9-3)10-4/h23-30,33-36H,7-22,31-32H2,1-6H3,(H,47,49)(H,48,50)(H,51,55)(H,52,56). The molecule has 4 rings (SSSR count). The minimum atomic E-state index is 0.0388. The van der Waals surface area contributed by atoms with Crippen LogP contribution in [0.2, 0.25) is 0 Å². The van der Waals surface area contributed by atoms with Gasteiger partial charge in [-0.2, -0.15) is 0 Å². The average Bonchev–Trinajstić information content (AvgIpc) is 3.19. The van der Waals surface area contributed by atoms with E-state index in [9.17, 15) is 9.59 Å². The Hall–Kier alpha value is -4.28. The predicted molar refractivity (Wildman–Crippen MR) is 238 cm³/mol. The predicted octanol–water partition coefficient (Wildman–Crippen LogP) is 10.3. The first-order chi connectivity index (χ1) is 27.2. The van der Waals surface area contributed by atoms with E-state index < -0.39 is 0 Å². The molecular weight excluding hydrogens is 697 g/mol. The first-order valence-corrected chi connectivity index (χ1v) is 21.6. The molecule has 0 saturated heterocycles. The van der Waals surface area contributed by atoms with E-state index >= 15 is 0 Å². The fourth-order valence-corrected chi connectivity index (χ4v) is 7.42. The summed E-state index contributed by atoms with van der Waals surface area (Å²) in [4.78, 5) is 39.6. The molecule has 2 aromatic carbocycles. The normalized spacial score (nSPS) is 12.6. The van der Waals surface area contributed by atoms with Crippen LogP contribution < -0.4 is 21.3 Å². The second kappa shape index (κ2) is 24.4. The van der Waals surface area contributed by atoms with Crippen molar-refractivity contribution in [1.29, 1.82) is 0 Å². The lowest BCUT2D eigenvalue weighted by Crippen LogP contribution is -2.25. The van der Waals surface area contributed by atoms with Crippen LogP contribution in [0.25, 0.3) is 21.8 Å². The van der Waals surface area contributed by atoms with Crippen LogP contribution in [-0.2, 0) is 9.59 Å². The lowest BCUT2D eigenvalue weighted by molar-refractivity contribution is -0.117. The summed E-state index contributed by atoms with van der Waals surface area (Å²) in [7, 11) is 0. The van der Waals surface area contributed by atoms with E-state index in [0.29, 0.717) is 24.9 Å². The van der Waals surface area contributed by atoms with Crippen molar-refractivity contribution in [3.05, 3.63) is 60.9 Å². The number of rotatable bonds is 27. The lowest BCUT2D eigenvalue weighted by Gasteiger charge is -2.21. The number of hydrogen-bond acceptors (Lipinski definition) is 8. The smallest absolute Gasteiger partial charge is 0.224 e. The molecule has 2 unspecified atom stereocenters. The number of carbonyl (C=O) groups excluding carboxylic acids is 2. The highest BCUT2D eigenvalue weighted by Crippen LogP contribution is 2.28. The Bertz CT molecular complexity index is 1640. The van der Waals surface area contributed by atoms with Crippen molar-refractivity contribution in [2.75, 3.05) is 60.5 Å². The van der Waals surface area contributed by atoms with Gasteiger partial charge in [0, 0.05) is 70.8 Å². The van der Waals surface area contributed by atoms with Gasteiger partial charge in [0.1, 0.15) is 0 Å². The monoisotopic (exact) mass is 767 g/mol. The summed E-state index contributed by atoms with van der Waals surface area (Å²) in [6.07, 6.45) is 15.0. The van der Waals surface area contributed by atoms with Gasteiger partial charge in [0.05, 0.1) is 11.0 Å². The Morgan fingerprint density at radius 2 is 0.946 bits per heavy atom. The van der Waals surface area contributed by atoms with Gasteiger partial charge in [0.15, 0.2) is 0 Å². The van der Waals surface area contributed by atoms with Crippen LogP contribution in [0.4, 0.5) is 22.7 Å². The highest BCUT2D eigenvalue weighted by molar-refractivity contribution is 5.98. The summed E-state index contributed by atoms with van der Waals surface area (Å²) in [5.41, 5.74) is 5.53. The van der Waals surface area contributed by atoms with Crippen LogP contribution in [0.5, 0.6) is 0 Å². The fourth-order valence-electron chi connectivity index (χ4n) is 7.42. The van der Waals surface area contributed by atoms with Gasteiger partial charge < -0.3 is 31.1 Å². The molecule has 306 valence electrons. The first kappa shape index (κ1) is 44.4. The highest BCUT2D eigenvalue weighted by Gasteiger charge is 2.12. The number of hydrogen-bond donors (Lipinski definition) is 4. The number of aromatic nitrogens is 2. The van der Waals surface area contributed by atoms with E-state index in [1.165, 1.54) is 0 Å². The quantitative estimate of drug-likeness (QED) is 0.0444. The zero-order valence-corrected chi connectivity index (χ0v) is 35.3. The molecule has 2 heterocycles. The molecule has 2 aromatic heterocycles. The third kappa shape index (κ3) is 15.0. The van der Waals surface area contributed by atoms with Gasteiger partial charge in [-0.3, -0.25) is 19.6 Å². The Kier molecular flexibility index (Phi) is 19.3. The summed E-state index contributed by atoms with van der Waals surface area (Å²) >= 11 is 0. The number of anilines is 4.